The predicted molar refractivity (Wildman–Crippen MR) is 115 cm³/mol. The second kappa shape index (κ2) is 6.81. The molecule has 0 bridgehead atoms. The van der Waals surface area contributed by atoms with Gasteiger partial charge < -0.3 is 5.32 Å². The molecular formula is C23H19N5O2. The van der Waals surface area contributed by atoms with Crippen molar-refractivity contribution in [3.05, 3.63) is 71.9 Å². The van der Waals surface area contributed by atoms with E-state index in [2.05, 4.69) is 10.4 Å². The molecule has 0 unspecified atom stereocenters. The number of anilines is 2. The summed E-state index contributed by atoms with van der Waals surface area (Å²) in [5.74, 6) is -0.475. The molecule has 0 radical (unpaired) electrons. The Morgan fingerprint density at radius 1 is 1.07 bits per heavy atom. The monoisotopic (exact) mass is 397 g/mol. The molecule has 7 nitrogen and oxygen atoms in total. The minimum absolute atomic E-state index is 0.0420. The number of aromatic nitrogens is 3. The lowest BCUT2D eigenvalue weighted by Gasteiger charge is -2.29. The molecule has 1 N–H and O–H groups in total. The van der Waals surface area contributed by atoms with Crippen LogP contribution < -0.4 is 10.2 Å². The maximum atomic E-state index is 13.7. The lowest BCUT2D eigenvalue weighted by atomic mass is 10.0. The minimum atomic E-state index is -0.252. The molecule has 0 saturated heterocycles. The summed E-state index contributed by atoms with van der Waals surface area (Å²) in [6.07, 6.45) is 0. The Morgan fingerprint density at radius 2 is 1.80 bits per heavy atom. The zero-order valence-corrected chi connectivity index (χ0v) is 16.6. The van der Waals surface area contributed by atoms with Gasteiger partial charge in [-0.05, 0) is 25.1 Å². The smallest absolute Gasteiger partial charge is 0.259 e. The van der Waals surface area contributed by atoms with E-state index in [0.29, 0.717) is 33.7 Å². The van der Waals surface area contributed by atoms with Crippen molar-refractivity contribution in [2.45, 2.75) is 6.92 Å². The van der Waals surface area contributed by atoms with Crippen LogP contribution in [0.5, 0.6) is 0 Å². The zero-order valence-electron chi connectivity index (χ0n) is 16.6. The molecule has 3 heterocycles. The zero-order chi connectivity index (χ0) is 20.8. The van der Waals surface area contributed by atoms with E-state index in [1.807, 2.05) is 62.5 Å². The molecule has 1 aliphatic heterocycles. The van der Waals surface area contributed by atoms with Gasteiger partial charge in [-0.15, -0.1) is 0 Å². The van der Waals surface area contributed by atoms with Gasteiger partial charge in [0.15, 0.2) is 5.65 Å². The summed E-state index contributed by atoms with van der Waals surface area (Å²) in [6, 6.07) is 18.8. The Hall–Kier alpha value is -4.00. The highest BCUT2D eigenvalue weighted by Crippen LogP contribution is 2.33. The normalized spacial score (nSPS) is 13.3. The SMILES string of the molecule is Cc1nn(C)c2nc(-c3ccccc3)cc(C(=O)N3CC(=O)Nc4ccccc43)c12. The number of carbonyl (C=O) groups excluding carboxylic acids is 2. The number of para-hydroxylation sites is 2. The average molecular weight is 397 g/mol. The van der Waals surface area contributed by atoms with Gasteiger partial charge in [0, 0.05) is 12.6 Å². The molecule has 2 aromatic carbocycles. The van der Waals surface area contributed by atoms with Gasteiger partial charge in [0.1, 0.15) is 6.54 Å². The van der Waals surface area contributed by atoms with Crippen molar-refractivity contribution >= 4 is 34.2 Å². The van der Waals surface area contributed by atoms with Crippen LogP contribution in [0.4, 0.5) is 11.4 Å². The van der Waals surface area contributed by atoms with Crippen LogP contribution in [0.1, 0.15) is 16.1 Å². The van der Waals surface area contributed by atoms with Crippen molar-refractivity contribution in [2.24, 2.45) is 7.05 Å². The van der Waals surface area contributed by atoms with Crippen LogP contribution in [-0.2, 0) is 11.8 Å². The van der Waals surface area contributed by atoms with Crippen molar-refractivity contribution in [3.8, 4) is 11.3 Å². The van der Waals surface area contributed by atoms with Crippen molar-refractivity contribution in [3.63, 3.8) is 0 Å². The first-order valence-electron chi connectivity index (χ1n) is 9.63. The largest absolute Gasteiger partial charge is 0.323 e. The van der Waals surface area contributed by atoms with Gasteiger partial charge in [-0.1, -0.05) is 42.5 Å². The lowest BCUT2D eigenvalue weighted by Crippen LogP contribution is -2.42. The van der Waals surface area contributed by atoms with Gasteiger partial charge in [-0.3, -0.25) is 19.2 Å². The number of hydrogen-bond donors (Lipinski definition) is 1. The van der Waals surface area contributed by atoms with Crippen LogP contribution in [0.2, 0.25) is 0 Å². The number of fused-ring (bicyclic) bond motifs is 2. The molecule has 4 aromatic rings. The Labute approximate surface area is 173 Å². The van der Waals surface area contributed by atoms with Crippen molar-refractivity contribution in [1.29, 1.82) is 0 Å². The van der Waals surface area contributed by atoms with Crippen molar-refractivity contribution in [2.75, 3.05) is 16.8 Å². The molecule has 148 valence electrons. The molecule has 2 aromatic heterocycles. The highest BCUT2D eigenvalue weighted by atomic mass is 16.2. The fourth-order valence-electron chi connectivity index (χ4n) is 3.93. The van der Waals surface area contributed by atoms with Gasteiger partial charge in [0.2, 0.25) is 5.91 Å². The van der Waals surface area contributed by atoms with E-state index in [-0.39, 0.29) is 18.4 Å². The Kier molecular flexibility index (Phi) is 4.10. The summed E-state index contributed by atoms with van der Waals surface area (Å²) in [6.45, 7) is 1.82. The molecule has 0 fully saturated rings. The fraction of sp³-hybridized carbons (Fsp3) is 0.130. The molecule has 7 heteroatoms. The number of carbonyl (C=O) groups is 2. The third-order valence-corrected chi connectivity index (χ3v) is 5.28. The van der Waals surface area contributed by atoms with Crippen LogP contribution in [0.15, 0.2) is 60.7 Å². The number of nitrogens with zero attached hydrogens (tertiary/aromatic N) is 4. The number of benzene rings is 2. The topological polar surface area (TPSA) is 80.1 Å². The van der Waals surface area contributed by atoms with Crippen molar-refractivity contribution < 1.29 is 9.59 Å². The fourth-order valence-corrected chi connectivity index (χ4v) is 3.93. The minimum Gasteiger partial charge on any atom is -0.323 e. The quantitative estimate of drug-likeness (QED) is 0.561. The Morgan fingerprint density at radius 3 is 2.60 bits per heavy atom. The summed E-state index contributed by atoms with van der Waals surface area (Å²) >= 11 is 0. The number of rotatable bonds is 2. The molecule has 0 aliphatic carbocycles. The van der Waals surface area contributed by atoms with Gasteiger partial charge in [0.25, 0.3) is 5.91 Å². The first-order chi connectivity index (χ1) is 14.5. The van der Waals surface area contributed by atoms with Crippen LogP contribution in [-0.4, -0.2) is 33.1 Å². The molecule has 0 saturated carbocycles. The maximum absolute atomic E-state index is 13.7. The molecular weight excluding hydrogens is 378 g/mol. The standard InChI is InChI=1S/C23H19N5O2/c1-14-21-16(23(30)28-13-20(29)24-17-10-6-7-11-19(17)28)12-18(15-8-4-3-5-9-15)25-22(21)27(2)26-14/h3-12H,13H2,1-2H3,(H,24,29). The van der Waals surface area contributed by atoms with Gasteiger partial charge in [-0.25, -0.2) is 4.98 Å². The number of aryl methyl sites for hydroxylation is 2. The van der Waals surface area contributed by atoms with Crippen molar-refractivity contribution in [1.82, 2.24) is 14.8 Å². The van der Waals surface area contributed by atoms with E-state index < -0.39 is 0 Å². The molecule has 1 aliphatic rings. The van der Waals surface area contributed by atoms with E-state index in [4.69, 9.17) is 4.98 Å². The second-order valence-electron chi connectivity index (χ2n) is 7.29. The molecule has 2 amide bonds. The Bertz CT molecular complexity index is 1310. The van der Waals surface area contributed by atoms with Gasteiger partial charge in [-0.2, -0.15) is 5.10 Å². The molecule has 5 rings (SSSR count). The summed E-state index contributed by atoms with van der Waals surface area (Å²) in [7, 11) is 1.81. The number of hydrogen-bond acceptors (Lipinski definition) is 4. The summed E-state index contributed by atoms with van der Waals surface area (Å²) in [5, 5.41) is 8.00. The van der Waals surface area contributed by atoms with E-state index in [1.54, 1.807) is 16.8 Å². The molecule has 30 heavy (non-hydrogen) atoms. The third kappa shape index (κ3) is 2.83. The highest BCUT2D eigenvalue weighted by Gasteiger charge is 2.30. The number of nitrogens with one attached hydrogen (secondary N) is 1. The van der Waals surface area contributed by atoms with Gasteiger partial charge >= 0.3 is 0 Å². The van der Waals surface area contributed by atoms with E-state index >= 15 is 0 Å². The van der Waals surface area contributed by atoms with E-state index in [1.165, 1.54) is 4.90 Å². The number of amides is 2. The first-order valence-corrected chi connectivity index (χ1v) is 9.63. The van der Waals surface area contributed by atoms with Gasteiger partial charge in [0.05, 0.1) is 33.7 Å². The lowest BCUT2D eigenvalue weighted by molar-refractivity contribution is -0.115. The van der Waals surface area contributed by atoms with Crippen LogP contribution in [0.3, 0.4) is 0 Å². The third-order valence-electron chi connectivity index (χ3n) is 5.28. The van der Waals surface area contributed by atoms with E-state index in [9.17, 15) is 9.59 Å². The first kappa shape index (κ1) is 18.1. The van der Waals surface area contributed by atoms with Crippen LogP contribution in [0, 0.1) is 6.92 Å². The second-order valence-corrected chi connectivity index (χ2v) is 7.29. The summed E-state index contributed by atoms with van der Waals surface area (Å²) < 4.78 is 1.69. The van der Waals surface area contributed by atoms with E-state index in [0.717, 1.165) is 11.3 Å². The Balaban J connectivity index is 1.72. The maximum Gasteiger partial charge on any atom is 0.259 e. The average Bonchev–Trinajstić information content (AvgIpc) is 3.06. The van der Waals surface area contributed by atoms with Crippen LogP contribution >= 0.6 is 0 Å². The highest BCUT2D eigenvalue weighted by molar-refractivity contribution is 6.19. The summed E-state index contributed by atoms with van der Waals surface area (Å²) in [5.41, 5.74) is 4.72. The van der Waals surface area contributed by atoms with Crippen LogP contribution in [0.25, 0.3) is 22.3 Å². The molecule has 0 atom stereocenters. The predicted octanol–water partition coefficient (Wildman–Crippen LogP) is 3.54. The number of pyridine rings is 1. The molecule has 0 spiro atoms. The summed E-state index contributed by atoms with van der Waals surface area (Å²) in [4.78, 5) is 32.3.